The molecule has 3 nitrogen and oxygen atoms in total. The Morgan fingerprint density at radius 1 is 1.10 bits per heavy atom. The molecule has 0 radical (unpaired) electrons. The zero-order valence-electron chi connectivity index (χ0n) is 11.3. The van der Waals surface area contributed by atoms with Crippen LogP contribution in [0.25, 0.3) is 0 Å². The molecule has 0 spiro atoms. The van der Waals surface area contributed by atoms with Gasteiger partial charge in [0, 0.05) is 18.3 Å². The fourth-order valence-corrected chi connectivity index (χ4v) is 1.77. The summed E-state index contributed by atoms with van der Waals surface area (Å²) in [5, 5.41) is 3.03. The van der Waals surface area contributed by atoms with E-state index < -0.39 is 12.4 Å². The second kappa shape index (κ2) is 6.88. The minimum absolute atomic E-state index is 0.101. The number of benzene rings is 2. The normalized spacial score (nSPS) is 10.5. The van der Waals surface area contributed by atoms with E-state index in [1.165, 1.54) is 31.4 Å². The van der Waals surface area contributed by atoms with Crippen LogP contribution in [0.15, 0.2) is 42.5 Å². The standard InChI is InChI=1S/C15H14F3NO2/c1-20-14-7-4-11(8-13(14)16)19-9-10-2-5-12(6-3-10)21-15(17)18/h2-8,15,19H,9H2,1H3. The number of methoxy groups -OCH3 is 1. The molecule has 112 valence electrons. The second-order valence-corrected chi connectivity index (χ2v) is 4.23. The van der Waals surface area contributed by atoms with Gasteiger partial charge in [0.2, 0.25) is 0 Å². The van der Waals surface area contributed by atoms with E-state index in [9.17, 15) is 13.2 Å². The van der Waals surface area contributed by atoms with E-state index >= 15 is 0 Å². The molecule has 0 bridgehead atoms. The number of nitrogens with one attached hydrogen (secondary N) is 1. The van der Waals surface area contributed by atoms with Gasteiger partial charge in [-0.05, 0) is 29.8 Å². The summed E-state index contributed by atoms with van der Waals surface area (Å²) in [6.45, 7) is -2.41. The maximum Gasteiger partial charge on any atom is 0.387 e. The molecule has 0 amide bonds. The Labute approximate surface area is 120 Å². The topological polar surface area (TPSA) is 30.5 Å². The van der Waals surface area contributed by atoms with E-state index in [1.807, 2.05) is 0 Å². The average Bonchev–Trinajstić information content (AvgIpc) is 2.46. The van der Waals surface area contributed by atoms with Crippen molar-refractivity contribution in [1.82, 2.24) is 0 Å². The largest absolute Gasteiger partial charge is 0.494 e. The zero-order chi connectivity index (χ0) is 15.2. The smallest absolute Gasteiger partial charge is 0.387 e. The number of hydrogen-bond donors (Lipinski definition) is 1. The van der Waals surface area contributed by atoms with Gasteiger partial charge in [0.05, 0.1) is 7.11 Å². The van der Waals surface area contributed by atoms with Crippen LogP contribution >= 0.6 is 0 Å². The summed E-state index contributed by atoms with van der Waals surface area (Å²) in [6, 6.07) is 10.8. The van der Waals surface area contributed by atoms with Crippen LogP contribution in [0.4, 0.5) is 18.9 Å². The average molecular weight is 297 g/mol. The van der Waals surface area contributed by atoms with E-state index in [0.717, 1.165) is 5.56 Å². The predicted octanol–water partition coefficient (Wildman–Crippen LogP) is 4.05. The van der Waals surface area contributed by atoms with Crippen LogP contribution in [0.2, 0.25) is 0 Å². The molecule has 0 unspecified atom stereocenters. The van der Waals surface area contributed by atoms with Gasteiger partial charge in [0.15, 0.2) is 11.6 Å². The third kappa shape index (κ3) is 4.30. The predicted molar refractivity (Wildman–Crippen MR) is 73.4 cm³/mol. The molecule has 6 heteroatoms. The number of halogens is 3. The molecule has 0 aliphatic heterocycles. The van der Waals surface area contributed by atoms with Crippen molar-refractivity contribution in [2.75, 3.05) is 12.4 Å². The van der Waals surface area contributed by atoms with Crippen molar-refractivity contribution in [3.05, 3.63) is 53.8 Å². The van der Waals surface area contributed by atoms with Crippen LogP contribution < -0.4 is 14.8 Å². The van der Waals surface area contributed by atoms with Gasteiger partial charge in [0.1, 0.15) is 5.75 Å². The SMILES string of the molecule is COc1ccc(NCc2ccc(OC(F)F)cc2)cc1F. The Bertz CT molecular complexity index is 588. The summed E-state index contributed by atoms with van der Waals surface area (Å²) in [4.78, 5) is 0. The molecule has 0 fully saturated rings. The van der Waals surface area contributed by atoms with Crippen LogP contribution in [-0.2, 0) is 6.54 Å². The highest BCUT2D eigenvalue weighted by Gasteiger charge is 2.05. The number of alkyl halides is 2. The van der Waals surface area contributed by atoms with Gasteiger partial charge in [-0.25, -0.2) is 4.39 Å². The van der Waals surface area contributed by atoms with Crippen molar-refractivity contribution >= 4 is 5.69 Å². The third-order valence-electron chi connectivity index (χ3n) is 2.80. The zero-order valence-corrected chi connectivity index (χ0v) is 11.3. The van der Waals surface area contributed by atoms with Crippen LogP contribution in [0, 0.1) is 5.82 Å². The third-order valence-corrected chi connectivity index (χ3v) is 2.80. The maximum absolute atomic E-state index is 13.5. The first kappa shape index (κ1) is 15.0. The Morgan fingerprint density at radius 3 is 2.38 bits per heavy atom. The first-order chi connectivity index (χ1) is 10.1. The van der Waals surface area contributed by atoms with E-state index in [2.05, 4.69) is 10.1 Å². The van der Waals surface area contributed by atoms with Crippen molar-refractivity contribution in [2.45, 2.75) is 13.2 Å². The van der Waals surface area contributed by atoms with Crippen molar-refractivity contribution in [3.8, 4) is 11.5 Å². The molecule has 2 aromatic rings. The molecule has 0 aliphatic rings. The summed E-state index contributed by atoms with van der Waals surface area (Å²) in [6.07, 6.45) is 0. The minimum Gasteiger partial charge on any atom is -0.494 e. The quantitative estimate of drug-likeness (QED) is 0.872. The molecule has 0 atom stereocenters. The summed E-state index contributed by atoms with van der Waals surface area (Å²) >= 11 is 0. The Balaban J connectivity index is 1.95. The highest BCUT2D eigenvalue weighted by Crippen LogP contribution is 2.21. The summed E-state index contributed by atoms with van der Waals surface area (Å²) in [7, 11) is 1.40. The molecular formula is C15H14F3NO2. The lowest BCUT2D eigenvalue weighted by Gasteiger charge is -2.09. The lowest BCUT2D eigenvalue weighted by atomic mass is 10.2. The molecule has 0 aliphatic carbocycles. The molecule has 0 saturated heterocycles. The van der Waals surface area contributed by atoms with E-state index in [-0.39, 0.29) is 11.5 Å². The van der Waals surface area contributed by atoms with E-state index in [4.69, 9.17) is 4.74 Å². The number of ether oxygens (including phenoxy) is 2. The van der Waals surface area contributed by atoms with Crippen molar-refractivity contribution in [2.24, 2.45) is 0 Å². The van der Waals surface area contributed by atoms with Gasteiger partial charge in [-0.1, -0.05) is 12.1 Å². The molecule has 21 heavy (non-hydrogen) atoms. The van der Waals surface area contributed by atoms with E-state index in [1.54, 1.807) is 18.2 Å². The van der Waals surface area contributed by atoms with Crippen LogP contribution in [-0.4, -0.2) is 13.7 Å². The minimum atomic E-state index is -2.84. The molecule has 2 rings (SSSR count). The highest BCUT2D eigenvalue weighted by molar-refractivity contribution is 5.47. The van der Waals surface area contributed by atoms with Crippen LogP contribution in [0.3, 0.4) is 0 Å². The van der Waals surface area contributed by atoms with Crippen molar-refractivity contribution in [3.63, 3.8) is 0 Å². The Kier molecular flexibility index (Phi) is 4.92. The second-order valence-electron chi connectivity index (χ2n) is 4.23. The molecule has 1 N–H and O–H groups in total. The molecule has 0 heterocycles. The fraction of sp³-hybridized carbons (Fsp3) is 0.200. The summed E-state index contributed by atoms with van der Waals surface area (Å²) in [5.41, 5.74) is 1.45. The number of rotatable bonds is 6. The first-order valence-electron chi connectivity index (χ1n) is 6.19. The summed E-state index contributed by atoms with van der Waals surface area (Å²) in [5.74, 6) is -0.179. The maximum atomic E-state index is 13.5. The molecular weight excluding hydrogens is 283 g/mol. The van der Waals surface area contributed by atoms with Gasteiger partial charge < -0.3 is 14.8 Å². The molecule has 0 aromatic heterocycles. The Hall–Kier alpha value is -2.37. The lowest BCUT2D eigenvalue weighted by molar-refractivity contribution is -0.0498. The Morgan fingerprint density at radius 2 is 1.81 bits per heavy atom. The van der Waals surface area contributed by atoms with Crippen molar-refractivity contribution in [1.29, 1.82) is 0 Å². The highest BCUT2D eigenvalue weighted by atomic mass is 19.3. The van der Waals surface area contributed by atoms with E-state index in [0.29, 0.717) is 12.2 Å². The molecule has 2 aromatic carbocycles. The monoisotopic (exact) mass is 297 g/mol. The van der Waals surface area contributed by atoms with Crippen LogP contribution in [0.1, 0.15) is 5.56 Å². The van der Waals surface area contributed by atoms with Gasteiger partial charge in [-0.3, -0.25) is 0 Å². The number of anilines is 1. The van der Waals surface area contributed by atoms with Crippen molar-refractivity contribution < 1.29 is 22.6 Å². The molecule has 0 saturated carbocycles. The first-order valence-corrected chi connectivity index (χ1v) is 6.19. The lowest BCUT2D eigenvalue weighted by Crippen LogP contribution is -2.03. The summed E-state index contributed by atoms with van der Waals surface area (Å²) < 4.78 is 46.6. The van der Waals surface area contributed by atoms with Gasteiger partial charge in [-0.2, -0.15) is 8.78 Å². The van der Waals surface area contributed by atoms with Crippen LogP contribution in [0.5, 0.6) is 11.5 Å². The fourth-order valence-electron chi connectivity index (χ4n) is 1.77. The van der Waals surface area contributed by atoms with Gasteiger partial charge >= 0.3 is 6.61 Å². The number of hydrogen-bond acceptors (Lipinski definition) is 3. The van der Waals surface area contributed by atoms with Gasteiger partial charge in [-0.15, -0.1) is 0 Å². The van der Waals surface area contributed by atoms with Gasteiger partial charge in [0.25, 0.3) is 0 Å².